The first-order chi connectivity index (χ1) is 12.8. The molecule has 0 radical (unpaired) electrons. The van der Waals surface area contributed by atoms with Crippen LogP contribution in [0.25, 0.3) is 11.0 Å². The van der Waals surface area contributed by atoms with E-state index in [9.17, 15) is 18.0 Å². The quantitative estimate of drug-likeness (QED) is 0.710. The number of fused-ring (bicyclic) bond motifs is 1. The van der Waals surface area contributed by atoms with E-state index in [1.165, 1.54) is 12.1 Å². The van der Waals surface area contributed by atoms with E-state index < -0.39 is 24.5 Å². The summed E-state index contributed by atoms with van der Waals surface area (Å²) in [5.74, 6) is -1.48. The second kappa shape index (κ2) is 7.42. The predicted octanol–water partition coefficient (Wildman–Crippen LogP) is 4.57. The average molecular weight is 375 g/mol. The Balaban J connectivity index is 1.89. The Morgan fingerprint density at radius 1 is 1.07 bits per heavy atom. The van der Waals surface area contributed by atoms with E-state index in [4.69, 9.17) is 0 Å². The number of aromatic nitrogens is 2. The van der Waals surface area contributed by atoms with Crippen molar-refractivity contribution in [1.82, 2.24) is 14.9 Å². The van der Waals surface area contributed by atoms with E-state index in [-0.39, 0.29) is 23.0 Å². The van der Waals surface area contributed by atoms with Gasteiger partial charge in [0.1, 0.15) is 6.54 Å². The summed E-state index contributed by atoms with van der Waals surface area (Å²) < 4.78 is 41.1. The first-order valence-corrected chi connectivity index (χ1v) is 8.64. The summed E-state index contributed by atoms with van der Waals surface area (Å²) in [6.45, 7) is 3.45. The van der Waals surface area contributed by atoms with Crippen molar-refractivity contribution in [3.8, 4) is 0 Å². The van der Waals surface area contributed by atoms with Crippen LogP contribution in [0.2, 0.25) is 0 Å². The number of rotatable bonds is 5. The van der Waals surface area contributed by atoms with Crippen molar-refractivity contribution < 1.29 is 18.0 Å². The van der Waals surface area contributed by atoms with Crippen molar-refractivity contribution in [2.24, 2.45) is 5.92 Å². The van der Waals surface area contributed by atoms with Crippen LogP contribution in [0, 0.1) is 5.92 Å². The molecule has 1 N–H and O–H groups in total. The van der Waals surface area contributed by atoms with Crippen molar-refractivity contribution in [2.45, 2.75) is 32.6 Å². The third-order valence-electron chi connectivity index (χ3n) is 4.35. The molecule has 0 spiro atoms. The number of amides is 1. The molecule has 0 aliphatic carbocycles. The number of carbonyl (C=O) groups excluding carboxylic acids is 1. The van der Waals surface area contributed by atoms with Gasteiger partial charge in [0.2, 0.25) is 11.7 Å². The van der Waals surface area contributed by atoms with Crippen molar-refractivity contribution in [1.29, 1.82) is 0 Å². The molecule has 0 saturated heterocycles. The maximum atomic E-state index is 13.4. The number of imidazole rings is 1. The Bertz CT molecular complexity index is 933. The zero-order valence-corrected chi connectivity index (χ0v) is 15.0. The molecule has 2 aromatic carbocycles. The molecular weight excluding hydrogens is 355 g/mol. The van der Waals surface area contributed by atoms with Gasteiger partial charge < -0.3 is 9.88 Å². The third kappa shape index (κ3) is 4.13. The molecule has 1 atom stereocenters. The standard InChI is InChI=1S/C20H20F3N3O/c1-13(2)18(14-8-4-3-5-9-14)25-17(27)12-26-16-11-7-6-10-15(16)24-19(26)20(21,22)23/h3-11,13,18H,12H2,1-2H3,(H,25,27). The second-order valence-corrected chi connectivity index (χ2v) is 6.71. The Morgan fingerprint density at radius 2 is 1.70 bits per heavy atom. The van der Waals surface area contributed by atoms with E-state index in [1.807, 2.05) is 44.2 Å². The summed E-state index contributed by atoms with van der Waals surface area (Å²) in [5.41, 5.74) is 1.40. The lowest BCUT2D eigenvalue weighted by atomic mass is 9.96. The molecule has 0 fully saturated rings. The van der Waals surface area contributed by atoms with Crippen LogP contribution in [0.4, 0.5) is 13.2 Å². The van der Waals surface area contributed by atoms with Crippen LogP contribution in [-0.2, 0) is 17.5 Å². The van der Waals surface area contributed by atoms with E-state index >= 15 is 0 Å². The molecule has 1 amide bonds. The summed E-state index contributed by atoms with van der Waals surface area (Å²) in [6.07, 6.45) is -4.64. The van der Waals surface area contributed by atoms with Gasteiger partial charge in [-0.25, -0.2) is 4.98 Å². The van der Waals surface area contributed by atoms with Crippen LogP contribution in [-0.4, -0.2) is 15.5 Å². The van der Waals surface area contributed by atoms with Crippen molar-refractivity contribution in [3.63, 3.8) is 0 Å². The number of hydrogen-bond donors (Lipinski definition) is 1. The summed E-state index contributed by atoms with van der Waals surface area (Å²) in [7, 11) is 0. The van der Waals surface area contributed by atoms with Gasteiger partial charge in [-0.2, -0.15) is 13.2 Å². The van der Waals surface area contributed by atoms with Gasteiger partial charge in [-0.1, -0.05) is 56.3 Å². The van der Waals surface area contributed by atoms with Crippen LogP contribution >= 0.6 is 0 Å². The lowest BCUT2D eigenvalue weighted by molar-refractivity contribution is -0.147. The van der Waals surface area contributed by atoms with Crippen molar-refractivity contribution in [3.05, 3.63) is 66.0 Å². The largest absolute Gasteiger partial charge is 0.449 e. The molecule has 0 saturated carbocycles. The lowest BCUT2D eigenvalue weighted by Gasteiger charge is -2.23. The van der Waals surface area contributed by atoms with Crippen LogP contribution < -0.4 is 5.32 Å². The Morgan fingerprint density at radius 3 is 2.33 bits per heavy atom. The average Bonchev–Trinajstić information content (AvgIpc) is 2.99. The van der Waals surface area contributed by atoms with Crippen molar-refractivity contribution in [2.75, 3.05) is 0 Å². The summed E-state index contributed by atoms with van der Waals surface area (Å²) >= 11 is 0. The minimum absolute atomic E-state index is 0.0815. The number of para-hydroxylation sites is 2. The van der Waals surface area contributed by atoms with Gasteiger partial charge in [-0.3, -0.25) is 4.79 Å². The highest BCUT2D eigenvalue weighted by Gasteiger charge is 2.38. The fraction of sp³-hybridized carbons (Fsp3) is 0.300. The summed E-state index contributed by atoms with van der Waals surface area (Å²) in [5, 5.41) is 2.86. The van der Waals surface area contributed by atoms with Gasteiger partial charge in [0.05, 0.1) is 17.1 Å². The molecule has 7 heteroatoms. The molecule has 0 aliphatic rings. The zero-order chi connectivity index (χ0) is 19.6. The highest BCUT2D eigenvalue weighted by atomic mass is 19.4. The molecule has 4 nitrogen and oxygen atoms in total. The molecule has 142 valence electrons. The number of nitrogens with zero attached hydrogens (tertiary/aromatic N) is 2. The van der Waals surface area contributed by atoms with Gasteiger partial charge in [0.15, 0.2) is 0 Å². The van der Waals surface area contributed by atoms with Gasteiger partial charge in [-0.05, 0) is 23.6 Å². The van der Waals surface area contributed by atoms with Gasteiger partial charge in [-0.15, -0.1) is 0 Å². The topological polar surface area (TPSA) is 46.9 Å². The fourth-order valence-corrected chi connectivity index (χ4v) is 3.11. The molecule has 0 aliphatic heterocycles. The second-order valence-electron chi connectivity index (χ2n) is 6.71. The number of hydrogen-bond acceptors (Lipinski definition) is 2. The van der Waals surface area contributed by atoms with Crippen molar-refractivity contribution >= 4 is 16.9 Å². The molecular formula is C20H20F3N3O. The normalized spacial score (nSPS) is 13.1. The monoisotopic (exact) mass is 375 g/mol. The number of alkyl halides is 3. The highest BCUT2D eigenvalue weighted by Crippen LogP contribution is 2.31. The molecule has 3 aromatic rings. The molecule has 1 unspecified atom stereocenters. The number of halogens is 3. The highest BCUT2D eigenvalue weighted by molar-refractivity contribution is 5.81. The molecule has 3 rings (SSSR count). The van der Waals surface area contributed by atoms with E-state index in [1.54, 1.807) is 12.1 Å². The van der Waals surface area contributed by atoms with Gasteiger partial charge in [0, 0.05) is 0 Å². The van der Waals surface area contributed by atoms with Gasteiger partial charge >= 0.3 is 6.18 Å². The van der Waals surface area contributed by atoms with Crippen LogP contribution in [0.5, 0.6) is 0 Å². The Labute approximate surface area is 155 Å². The van der Waals surface area contributed by atoms with Gasteiger partial charge in [0.25, 0.3) is 0 Å². The minimum Gasteiger partial charge on any atom is -0.347 e. The maximum Gasteiger partial charge on any atom is 0.449 e. The Hall–Kier alpha value is -2.83. The summed E-state index contributed by atoms with van der Waals surface area (Å²) in [6, 6.07) is 15.4. The molecule has 27 heavy (non-hydrogen) atoms. The van der Waals surface area contributed by atoms with Crippen LogP contribution in [0.3, 0.4) is 0 Å². The van der Waals surface area contributed by atoms with E-state index in [2.05, 4.69) is 10.3 Å². The summed E-state index contributed by atoms with van der Waals surface area (Å²) in [4.78, 5) is 16.3. The van der Waals surface area contributed by atoms with Crippen LogP contribution in [0.1, 0.15) is 31.3 Å². The predicted molar refractivity (Wildman–Crippen MR) is 96.9 cm³/mol. The number of carbonyl (C=O) groups is 1. The first kappa shape index (κ1) is 18.9. The van der Waals surface area contributed by atoms with Crippen LogP contribution in [0.15, 0.2) is 54.6 Å². The number of nitrogens with one attached hydrogen (secondary N) is 1. The number of benzene rings is 2. The fourth-order valence-electron chi connectivity index (χ4n) is 3.11. The smallest absolute Gasteiger partial charge is 0.347 e. The minimum atomic E-state index is -4.64. The zero-order valence-electron chi connectivity index (χ0n) is 15.0. The lowest BCUT2D eigenvalue weighted by Crippen LogP contribution is -2.35. The maximum absolute atomic E-state index is 13.4. The van der Waals surface area contributed by atoms with E-state index in [0.717, 1.165) is 10.1 Å². The van der Waals surface area contributed by atoms with E-state index in [0.29, 0.717) is 0 Å². The molecule has 1 aromatic heterocycles. The molecule has 1 heterocycles. The Kier molecular flexibility index (Phi) is 5.21. The third-order valence-corrected chi connectivity index (χ3v) is 4.35. The first-order valence-electron chi connectivity index (χ1n) is 8.64. The molecule has 0 bridgehead atoms. The SMILES string of the molecule is CC(C)C(NC(=O)Cn1c(C(F)(F)F)nc2ccccc21)c1ccccc1.